The van der Waals surface area contributed by atoms with E-state index in [0.717, 1.165) is 31.7 Å². The molecule has 0 saturated carbocycles. The molecule has 2 atom stereocenters. The number of nitrogens with one attached hydrogen (secondary N) is 2. The zero-order valence-corrected chi connectivity index (χ0v) is 11.5. The van der Waals surface area contributed by atoms with E-state index < -0.39 is 0 Å². The van der Waals surface area contributed by atoms with E-state index in [1.165, 1.54) is 0 Å². The Balaban J connectivity index is 1.96. The summed E-state index contributed by atoms with van der Waals surface area (Å²) in [5.41, 5.74) is 1.34. The highest BCUT2D eigenvalue weighted by atomic mass is 16.5. The fraction of sp³-hybridized carbons (Fsp3) is 0.571. The number of amides is 1. The van der Waals surface area contributed by atoms with Gasteiger partial charge in [-0.05, 0) is 38.8 Å². The van der Waals surface area contributed by atoms with Crippen molar-refractivity contribution in [3.05, 3.63) is 24.0 Å². The van der Waals surface area contributed by atoms with Crippen LogP contribution in [0.4, 0.5) is 5.69 Å². The maximum absolute atomic E-state index is 12.1. The average molecular weight is 263 g/mol. The second-order valence-corrected chi connectivity index (χ2v) is 4.77. The summed E-state index contributed by atoms with van der Waals surface area (Å²) < 4.78 is 5.57. The number of hydrogen-bond donors (Lipinski definition) is 2. The van der Waals surface area contributed by atoms with E-state index in [2.05, 4.69) is 15.6 Å². The lowest BCUT2D eigenvalue weighted by Gasteiger charge is -2.19. The molecule has 1 fully saturated rings. The Morgan fingerprint density at radius 2 is 2.47 bits per heavy atom. The van der Waals surface area contributed by atoms with E-state index in [0.29, 0.717) is 5.69 Å². The van der Waals surface area contributed by atoms with Gasteiger partial charge in [-0.25, -0.2) is 0 Å². The molecule has 2 N–H and O–H groups in total. The van der Waals surface area contributed by atoms with Crippen LogP contribution in [0.25, 0.3) is 0 Å². The highest BCUT2D eigenvalue weighted by Gasteiger charge is 2.24. The smallest absolute Gasteiger partial charge is 0.270 e. The zero-order valence-electron chi connectivity index (χ0n) is 11.5. The molecule has 2 heterocycles. The second-order valence-electron chi connectivity index (χ2n) is 4.77. The zero-order chi connectivity index (χ0) is 13.7. The van der Waals surface area contributed by atoms with Crippen molar-refractivity contribution in [1.29, 1.82) is 0 Å². The maximum atomic E-state index is 12.1. The summed E-state index contributed by atoms with van der Waals surface area (Å²) in [6.07, 6.45) is 3.84. The quantitative estimate of drug-likeness (QED) is 0.850. The number of nitrogens with zero attached hydrogens (tertiary/aromatic N) is 1. The first-order valence-electron chi connectivity index (χ1n) is 6.83. The Hall–Kier alpha value is -1.62. The van der Waals surface area contributed by atoms with Crippen molar-refractivity contribution in [2.24, 2.45) is 0 Å². The molecular weight excluding hydrogens is 242 g/mol. The van der Waals surface area contributed by atoms with Crippen LogP contribution in [-0.4, -0.2) is 36.2 Å². The molecule has 0 radical (unpaired) electrons. The summed E-state index contributed by atoms with van der Waals surface area (Å²) in [4.78, 5) is 16.2. The van der Waals surface area contributed by atoms with Crippen molar-refractivity contribution in [2.75, 3.05) is 18.5 Å². The molecule has 0 bridgehead atoms. The number of ether oxygens (including phenoxy) is 1. The van der Waals surface area contributed by atoms with E-state index in [9.17, 15) is 4.79 Å². The summed E-state index contributed by atoms with van der Waals surface area (Å²) in [6, 6.07) is 3.63. The summed E-state index contributed by atoms with van der Waals surface area (Å²) >= 11 is 0. The predicted molar refractivity (Wildman–Crippen MR) is 74.3 cm³/mol. The third-order valence-corrected chi connectivity index (χ3v) is 3.25. The Kier molecular flexibility index (Phi) is 4.74. The van der Waals surface area contributed by atoms with Gasteiger partial charge in [-0.3, -0.25) is 9.78 Å². The van der Waals surface area contributed by atoms with E-state index in [1.54, 1.807) is 12.3 Å². The van der Waals surface area contributed by atoms with Crippen LogP contribution in [0.5, 0.6) is 0 Å². The van der Waals surface area contributed by atoms with Crippen molar-refractivity contribution in [1.82, 2.24) is 10.3 Å². The maximum Gasteiger partial charge on any atom is 0.270 e. The van der Waals surface area contributed by atoms with Crippen LogP contribution in [0.3, 0.4) is 0 Å². The van der Waals surface area contributed by atoms with Crippen LogP contribution in [0.15, 0.2) is 18.3 Å². The van der Waals surface area contributed by atoms with E-state index in [1.807, 2.05) is 19.9 Å². The van der Waals surface area contributed by atoms with E-state index in [-0.39, 0.29) is 18.1 Å². The van der Waals surface area contributed by atoms with Gasteiger partial charge in [0, 0.05) is 25.0 Å². The van der Waals surface area contributed by atoms with Gasteiger partial charge < -0.3 is 15.4 Å². The minimum absolute atomic E-state index is 0.0135. The van der Waals surface area contributed by atoms with Crippen molar-refractivity contribution in [3.8, 4) is 0 Å². The fourth-order valence-corrected chi connectivity index (χ4v) is 2.24. The Morgan fingerprint density at radius 1 is 1.63 bits per heavy atom. The van der Waals surface area contributed by atoms with Crippen LogP contribution in [0.2, 0.25) is 0 Å². The van der Waals surface area contributed by atoms with E-state index >= 15 is 0 Å². The fourth-order valence-electron chi connectivity index (χ4n) is 2.24. The first kappa shape index (κ1) is 13.8. The number of carbonyl (C=O) groups is 1. The highest BCUT2D eigenvalue weighted by Crippen LogP contribution is 2.16. The molecule has 1 aromatic rings. The molecule has 2 unspecified atom stereocenters. The van der Waals surface area contributed by atoms with Gasteiger partial charge in [0.25, 0.3) is 5.91 Å². The summed E-state index contributed by atoms with van der Waals surface area (Å²) in [5.74, 6) is -0.150. The lowest BCUT2D eigenvalue weighted by Crippen LogP contribution is -2.41. The van der Waals surface area contributed by atoms with Crippen LogP contribution in [-0.2, 0) is 4.74 Å². The predicted octanol–water partition coefficient (Wildman–Crippen LogP) is 1.81. The molecule has 1 saturated heterocycles. The molecule has 0 aliphatic carbocycles. The molecule has 1 aromatic heterocycles. The third-order valence-electron chi connectivity index (χ3n) is 3.25. The first-order valence-corrected chi connectivity index (χ1v) is 6.83. The van der Waals surface area contributed by atoms with Crippen LogP contribution >= 0.6 is 0 Å². The number of pyridine rings is 1. The van der Waals surface area contributed by atoms with Gasteiger partial charge in [-0.2, -0.15) is 0 Å². The van der Waals surface area contributed by atoms with Gasteiger partial charge >= 0.3 is 0 Å². The standard InChI is InChI=1S/C14H21N3O2/c1-3-15-11-6-7-16-12(9-11)14(18)17-10(2)13-5-4-8-19-13/h6-7,9-10,13H,3-5,8H2,1-2H3,(H,15,16)(H,17,18). The highest BCUT2D eigenvalue weighted by molar-refractivity contribution is 5.93. The third kappa shape index (κ3) is 3.67. The van der Waals surface area contributed by atoms with Gasteiger partial charge in [-0.1, -0.05) is 0 Å². The van der Waals surface area contributed by atoms with Crippen molar-refractivity contribution in [2.45, 2.75) is 38.8 Å². The van der Waals surface area contributed by atoms with Gasteiger partial charge in [0.2, 0.25) is 0 Å². The number of rotatable bonds is 5. The molecule has 0 aromatic carbocycles. The van der Waals surface area contributed by atoms with Gasteiger partial charge in [0.05, 0.1) is 12.1 Å². The van der Waals surface area contributed by atoms with Gasteiger partial charge in [0.15, 0.2) is 0 Å². The van der Waals surface area contributed by atoms with Crippen molar-refractivity contribution < 1.29 is 9.53 Å². The molecule has 104 valence electrons. The molecule has 1 aliphatic rings. The number of anilines is 1. The summed E-state index contributed by atoms with van der Waals surface area (Å²) in [7, 11) is 0. The lowest BCUT2D eigenvalue weighted by atomic mass is 10.1. The van der Waals surface area contributed by atoms with Crippen LogP contribution in [0, 0.1) is 0 Å². The number of carbonyl (C=O) groups excluding carboxylic acids is 1. The first-order chi connectivity index (χ1) is 9.20. The molecule has 1 amide bonds. The van der Waals surface area contributed by atoms with Crippen LogP contribution in [0.1, 0.15) is 37.2 Å². The molecule has 2 rings (SSSR count). The van der Waals surface area contributed by atoms with Gasteiger partial charge in [-0.15, -0.1) is 0 Å². The summed E-state index contributed by atoms with van der Waals surface area (Å²) in [5, 5.41) is 6.12. The second kappa shape index (κ2) is 6.52. The topological polar surface area (TPSA) is 63.2 Å². The molecule has 0 spiro atoms. The van der Waals surface area contributed by atoms with Crippen LogP contribution < -0.4 is 10.6 Å². The monoisotopic (exact) mass is 263 g/mol. The SMILES string of the molecule is CCNc1ccnc(C(=O)NC(C)C2CCCO2)c1. The number of hydrogen-bond acceptors (Lipinski definition) is 4. The minimum Gasteiger partial charge on any atom is -0.385 e. The van der Waals surface area contributed by atoms with E-state index in [4.69, 9.17) is 4.74 Å². The molecule has 19 heavy (non-hydrogen) atoms. The molecular formula is C14H21N3O2. The Morgan fingerprint density at radius 3 is 3.16 bits per heavy atom. The molecule has 1 aliphatic heterocycles. The molecule has 5 nitrogen and oxygen atoms in total. The number of aromatic nitrogens is 1. The minimum atomic E-state index is -0.150. The Labute approximate surface area is 113 Å². The average Bonchev–Trinajstić information content (AvgIpc) is 2.93. The largest absolute Gasteiger partial charge is 0.385 e. The lowest BCUT2D eigenvalue weighted by molar-refractivity contribution is 0.0709. The normalized spacial score (nSPS) is 20.0. The molecule has 5 heteroatoms. The Bertz CT molecular complexity index is 430. The summed E-state index contributed by atoms with van der Waals surface area (Å²) in [6.45, 7) is 5.60. The van der Waals surface area contributed by atoms with Crippen molar-refractivity contribution in [3.63, 3.8) is 0 Å². The van der Waals surface area contributed by atoms with Gasteiger partial charge in [0.1, 0.15) is 5.69 Å². The van der Waals surface area contributed by atoms with Crippen molar-refractivity contribution >= 4 is 11.6 Å².